The van der Waals surface area contributed by atoms with E-state index in [0.717, 1.165) is 51.1 Å². The van der Waals surface area contributed by atoms with Gasteiger partial charge in [0.25, 0.3) is 0 Å². The normalized spacial score (nSPS) is 13.1. The molecule has 0 amide bonds. The predicted octanol–water partition coefficient (Wildman–Crippen LogP) is 10.6. The molecule has 0 spiro atoms. The Morgan fingerprint density at radius 2 is 1.46 bits per heavy atom. The average molecular weight is 530 g/mol. The van der Waals surface area contributed by atoms with E-state index in [1.54, 1.807) is 0 Å². The van der Waals surface area contributed by atoms with E-state index in [4.69, 9.17) is 0 Å². The van der Waals surface area contributed by atoms with Gasteiger partial charge in [-0.1, -0.05) is 99.0 Å². The number of para-hydroxylation sites is 1. The number of nitrogens with zero attached hydrogens (tertiary/aromatic N) is 1. The molecule has 39 heavy (non-hydrogen) atoms. The standard InChI is InChI=1S/C37H40NP/c1-7-10-15-31(8-2)29(5)21-20-28(4)30(6)26-32(9-3)33-22-24-35(25-23-33)38(34-16-12-11-13-17-34)36-18-14-19-37(39)27-36/h7,9-27H,3,6,8,39H2,1-2,4-5H3/b10-7-,28-20+,29-21+,31-15+,32-26+. The topological polar surface area (TPSA) is 3.24 Å². The summed E-state index contributed by atoms with van der Waals surface area (Å²) in [5.41, 5.74) is 10.2. The van der Waals surface area contributed by atoms with Crippen molar-refractivity contribution < 1.29 is 0 Å². The third-order valence-corrected chi connectivity index (χ3v) is 6.98. The van der Waals surface area contributed by atoms with Crippen LogP contribution in [0.4, 0.5) is 17.1 Å². The molecule has 198 valence electrons. The van der Waals surface area contributed by atoms with Gasteiger partial charge >= 0.3 is 0 Å². The molecule has 0 aromatic heterocycles. The zero-order chi connectivity index (χ0) is 28.2. The van der Waals surface area contributed by atoms with Gasteiger partial charge in [0.1, 0.15) is 0 Å². The van der Waals surface area contributed by atoms with E-state index in [2.05, 4.69) is 157 Å². The molecule has 3 rings (SSSR count). The van der Waals surface area contributed by atoms with Crippen LogP contribution in [0.5, 0.6) is 0 Å². The molecular weight excluding hydrogens is 489 g/mol. The molecule has 3 aromatic carbocycles. The number of allylic oxidation sites excluding steroid dienone is 12. The van der Waals surface area contributed by atoms with Crippen LogP contribution in [-0.2, 0) is 0 Å². The monoisotopic (exact) mass is 529 g/mol. The van der Waals surface area contributed by atoms with Crippen molar-refractivity contribution >= 4 is 37.2 Å². The lowest BCUT2D eigenvalue weighted by Gasteiger charge is -2.26. The van der Waals surface area contributed by atoms with Crippen molar-refractivity contribution in [3.05, 3.63) is 162 Å². The van der Waals surface area contributed by atoms with Crippen molar-refractivity contribution in [1.82, 2.24) is 0 Å². The van der Waals surface area contributed by atoms with Crippen molar-refractivity contribution in [3.63, 3.8) is 0 Å². The Labute approximate surface area is 238 Å². The van der Waals surface area contributed by atoms with Gasteiger partial charge in [-0.05, 0) is 108 Å². The van der Waals surface area contributed by atoms with Crippen molar-refractivity contribution in [1.29, 1.82) is 0 Å². The van der Waals surface area contributed by atoms with Crippen LogP contribution >= 0.6 is 9.24 Å². The van der Waals surface area contributed by atoms with E-state index in [1.165, 1.54) is 11.1 Å². The predicted molar refractivity (Wildman–Crippen MR) is 178 cm³/mol. The molecule has 1 nitrogen and oxygen atoms in total. The second kappa shape index (κ2) is 14.9. The maximum atomic E-state index is 4.34. The third kappa shape index (κ3) is 8.28. The van der Waals surface area contributed by atoms with Gasteiger partial charge in [0.2, 0.25) is 0 Å². The largest absolute Gasteiger partial charge is 0.310 e. The van der Waals surface area contributed by atoms with Crippen LogP contribution in [0.2, 0.25) is 0 Å². The van der Waals surface area contributed by atoms with Gasteiger partial charge in [-0.3, -0.25) is 0 Å². The molecular formula is C37H40NP. The van der Waals surface area contributed by atoms with Gasteiger partial charge in [-0.15, -0.1) is 9.24 Å². The number of benzene rings is 3. The molecule has 1 unspecified atom stereocenters. The van der Waals surface area contributed by atoms with Crippen LogP contribution in [-0.4, -0.2) is 0 Å². The van der Waals surface area contributed by atoms with Crippen molar-refractivity contribution in [2.24, 2.45) is 0 Å². The molecule has 0 heterocycles. The number of hydrogen-bond acceptors (Lipinski definition) is 1. The van der Waals surface area contributed by atoms with Crippen LogP contribution < -0.4 is 10.2 Å². The average Bonchev–Trinajstić information content (AvgIpc) is 2.96. The Bertz CT molecular complexity index is 1430. The summed E-state index contributed by atoms with van der Waals surface area (Å²) >= 11 is 0. The number of rotatable bonds is 11. The van der Waals surface area contributed by atoms with E-state index in [9.17, 15) is 0 Å². The van der Waals surface area contributed by atoms with Gasteiger partial charge in [-0.25, -0.2) is 0 Å². The first-order chi connectivity index (χ1) is 18.9. The highest BCUT2D eigenvalue weighted by Crippen LogP contribution is 2.35. The minimum absolute atomic E-state index is 0.969. The first kappa shape index (κ1) is 29.6. The van der Waals surface area contributed by atoms with E-state index in [1.807, 2.05) is 19.1 Å². The van der Waals surface area contributed by atoms with Crippen LogP contribution in [0.15, 0.2) is 157 Å². The highest BCUT2D eigenvalue weighted by molar-refractivity contribution is 7.27. The van der Waals surface area contributed by atoms with Crippen molar-refractivity contribution in [3.8, 4) is 0 Å². The lowest BCUT2D eigenvalue weighted by molar-refractivity contribution is 1.10. The summed E-state index contributed by atoms with van der Waals surface area (Å²) in [5, 5.41) is 1.15. The van der Waals surface area contributed by atoms with Gasteiger partial charge in [-0.2, -0.15) is 0 Å². The maximum Gasteiger partial charge on any atom is 0.0467 e. The van der Waals surface area contributed by atoms with Gasteiger partial charge in [0, 0.05) is 17.1 Å². The highest BCUT2D eigenvalue weighted by Gasteiger charge is 2.12. The quantitative estimate of drug-likeness (QED) is 0.176. The fourth-order valence-corrected chi connectivity index (χ4v) is 4.54. The zero-order valence-corrected chi connectivity index (χ0v) is 24.8. The van der Waals surface area contributed by atoms with Crippen LogP contribution in [0.1, 0.15) is 39.7 Å². The molecule has 0 aliphatic heterocycles. The Balaban J connectivity index is 1.89. The number of anilines is 3. The second-order valence-corrected chi connectivity index (χ2v) is 10.1. The van der Waals surface area contributed by atoms with E-state index >= 15 is 0 Å². The molecule has 0 aliphatic carbocycles. The smallest absolute Gasteiger partial charge is 0.0467 e. The minimum Gasteiger partial charge on any atom is -0.310 e. The SMILES string of the molecule is C=C/C(=C\C(=C)/C(C)=C/C=C(C)/C(=C/C=C\C)CC)c1ccc(N(c2ccccc2)c2cccc(P)c2)cc1. The van der Waals surface area contributed by atoms with E-state index in [-0.39, 0.29) is 0 Å². The fourth-order valence-electron chi connectivity index (χ4n) is 4.26. The highest BCUT2D eigenvalue weighted by atomic mass is 31.0. The van der Waals surface area contributed by atoms with Crippen molar-refractivity contribution in [2.45, 2.75) is 34.1 Å². The molecule has 2 heteroatoms. The summed E-state index contributed by atoms with van der Waals surface area (Å²) in [6.07, 6.45) is 15.7. The Hall–Kier alpha value is -3.93. The molecule has 0 saturated heterocycles. The molecule has 0 saturated carbocycles. The minimum atomic E-state index is 0.969. The van der Waals surface area contributed by atoms with E-state index in [0.29, 0.717) is 0 Å². The summed E-state index contributed by atoms with van der Waals surface area (Å²) in [5.74, 6) is 0. The summed E-state index contributed by atoms with van der Waals surface area (Å²) in [7, 11) is 2.79. The second-order valence-electron chi connectivity index (χ2n) is 9.41. The van der Waals surface area contributed by atoms with Crippen LogP contribution in [0, 0.1) is 0 Å². The zero-order valence-electron chi connectivity index (χ0n) is 23.7. The first-order valence-electron chi connectivity index (χ1n) is 13.4. The molecule has 0 aliphatic rings. The maximum absolute atomic E-state index is 4.34. The molecule has 0 radical (unpaired) electrons. The van der Waals surface area contributed by atoms with Crippen molar-refractivity contribution in [2.75, 3.05) is 4.90 Å². The lowest BCUT2D eigenvalue weighted by Crippen LogP contribution is -2.11. The fraction of sp³-hybridized carbons (Fsp3) is 0.135. The molecule has 3 aromatic rings. The summed E-state index contributed by atoms with van der Waals surface area (Å²) in [6.45, 7) is 16.9. The Kier molecular flexibility index (Phi) is 11.3. The summed E-state index contributed by atoms with van der Waals surface area (Å²) in [4.78, 5) is 2.27. The van der Waals surface area contributed by atoms with Crippen LogP contribution in [0.3, 0.4) is 0 Å². The first-order valence-corrected chi connectivity index (χ1v) is 14.0. The molecule has 0 bridgehead atoms. The Morgan fingerprint density at radius 3 is 2.08 bits per heavy atom. The molecule has 0 fully saturated rings. The van der Waals surface area contributed by atoms with Gasteiger partial charge < -0.3 is 4.90 Å². The summed E-state index contributed by atoms with van der Waals surface area (Å²) in [6, 6.07) is 27.6. The molecule has 1 atom stereocenters. The Morgan fingerprint density at radius 1 is 0.821 bits per heavy atom. The number of hydrogen-bond donors (Lipinski definition) is 0. The van der Waals surface area contributed by atoms with Gasteiger partial charge in [0.15, 0.2) is 0 Å². The van der Waals surface area contributed by atoms with Crippen LogP contribution in [0.25, 0.3) is 5.57 Å². The molecule has 0 N–H and O–H groups in total. The lowest BCUT2D eigenvalue weighted by atomic mass is 9.99. The third-order valence-electron chi connectivity index (χ3n) is 6.62. The van der Waals surface area contributed by atoms with Gasteiger partial charge in [0.05, 0.1) is 0 Å². The van der Waals surface area contributed by atoms with E-state index < -0.39 is 0 Å². The summed E-state index contributed by atoms with van der Waals surface area (Å²) < 4.78 is 0.